The number of hydrogen-bond acceptors (Lipinski definition) is 3. The van der Waals surface area contributed by atoms with E-state index in [0.29, 0.717) is 19.4 Å². The van der Waals surface area contributed by atoms with Gasteiger partial charge >= 0.3 is 11.9 Å². The van der Waals surface area contributed by atoms with Crippen molar-refractivity contribution in [3.05, 3.63) is 23.3 Å². The van der Waals surface area contributed by atoms with Crippen molar-refractivity contribution in [1.82, 2.24) is 0 Å². The highest BCUT2D eigenvalue weighted by Crippen LogP contribution is 2.20. The van der Waals surface area contributed by atoms with Gasteiger partial charge in [0.15, 0.2) is 0 Å². The van der Waals surface area contributed by atoms with Crippen LogP contribution in [0.5, 0.6) is 0 Å². The first-order valence-corrected chi connectivity index (χ1v) is 5.48. The Morgan fingerprint density at radius 2 is 1.94 bits per heavy atom. The van der Waals surface area contributed by atoms with E-state index in [4.69, 9.17) is 9.84 Å². The van der Waals surface area contributed by atoms with E-state index >= 15 is 0 Å². The van der Waals surface area contributed by atoms with Crippen molar-refractivity contribution in [2.24, 2.45) is 0 Å². The standard InChI is InChI=1S/C12H16O4/c1-2-3-8-16-12(15)10-7-5-4-6-9(10)11(13)14/h6-7H,2-5,8H2,1H3,(H,13,14). The van der Waals surface area contributed by atoms with Crippen LogP contribution in [0.15, 0.2) is 23.3 Å². The molecule has 0 heterocycles. The first kappa shape index (κ1) is 12.5. The van der Waals surface area contributed by atoms with E-state index in [1.54, 1.807) is 12.2 Å². The molecule has 0 saturated carbocycles. The van der Waals surface area contributed by atoms with Crippen molar-refractivity contribution < 1.29 is 19.4 Å². The highest BCUT2D eigenvalue weighted by atomic mass is 16.5. The first-order chi connectivity index (χ1) is 7.66. The number of carbonyl (C=O) groups excluding carboxylic acids is 1. The average molecular weight is 224 g/mol. The molecule has 0 aromatic heterocycles. The summed E-state index contributed by atoms with van der Waals surface area (Å²) in [7, 11) is 0. The van der Waals surface area contributed by atoms with Gasteiger partial charge in [0, 0.05) is 0 Å². The van der Waals surface area contributed by atoms with E-state index in [-0.39, 0.29) is 11.1 Å². The smallest absolute Gasteiger partial charge is 0.338 e. The van der Waals surface area contributed by atoms with Gasteiger partial charge in [0.2, 0.25) is 0 Å². The zero-order valence-corrected chi connectivity index (χ0v) is 9.36. The molecule has 4 nitrogen and oxygen atoms in total. The fraction of sp³-hybridized carbons (Fsp3) is 0.500. The van der Waals surface area contributed by atoms with Crippen LogP contribution in [-0.2, 0) is 14.3 Å². The molecule has 1 N–H and O–H groups in total. The van der Waals surface area contributed by atoms with Crippen LogP contribution >= 0.6 is 0 Å². The van der Waals surface area contributed by atoms with Crippen LogP contribution in [0.25, 0.3) is 0 Å². The van der Waals surface area contributed by atoms with Crippen molar-refractivity contribution in [2.45, 2.75) is 32.6 Å². The zero-order chi connectivity index (χ0) is 12.0. The van der Waals surface area contributed by atoms with Gasteiger partial charge in [0.25, 0.3) is 0 Å². The minimum Gasteiger partial charge on any atom is -0.478 e. The van der Waals surface area contributed by atoms with Gasteiger partial charge < -0.3 is 9.84 Å². The summed E-state index contributed by atoms with van der Waals surface area (Å²) in [6.07, 6.45) is 6.29. The second-order valence-corrected chi connectivity index (χ2v) is 3.61. The molecule has 16 heavy (non-hydrogen) atoms. The molecular weight excluding hydrogens is 208 g/mol. The summed E-state index contributed by atoms with van der Waals surface area (Å²) >= 11 is 0. The number of carboxylic acids is 1. The van der Waals surface area contributed by atoms with E-state index in [1.165, 1.54) is 0 Å². The lowest BCUT2D eigenvalue weighted by atomic mass is 9.98. The van der Waals surface area contributed by atoms with Gasteiger partial charge in [-0.25, -0.2) is 9.59 Å². The summed E-state index contributed by atoms with van der Waals surface area (Å²) in [4.78, 5) is 22.5. The normalized spacial score (nSPS) is 15.1. The maximum Gasteiger partial charge on any atom is 0.338 e. The molecule has 88 valence electrons. The van der Waals surface area contributed by atoms with Gasteiger partial charge in [0.05, 0.1) is 17.8 Å². The van der Waals surface area contributed by atoms with Gasteiger partial charge in [-0.05, 0) is 19.3 Å². The molecule has 4 heteroatoms. The van der Waals surface area contributed by atoms with Crippen LogP contribution in [0.4, 0.5) is 0 Å². The zero-order valence-electron chi connectivity index (χ0n) is 9.36. The third kappa shape index (κ3) is 3.22. The SMILES string of the molecule is CCCCOC(=O)C1=CCCC=C1C(=O)O. The van der Waals surface area contributed by atoms with Crippen LogP contribution in [0.1, 0.15) is 32.6 Å². The Kier molecular flexibility index (Phi) is 4.76. The molecule has 0 atom stereocenters. The van der Waals surface area contributed by atoms with E-state index in [2.05, 4.69) is 0 Å². The van der Waals surface area contributed by atoms with Crippen LogP contribution in [0.2, 0.25) is 0 Å². The Hall–Kier alpha value is -1.58. The lowest BCUT2D eigenvalue weighted by Crippen LogP contribution is -2.17. The molecule has 0 bridgehead atoms. The molecule has 0 aromatic carbocycles. The highest BCUT2D eigenvalue weighted by Gasteiger charge is 2.22. The minimum absolute atomic E-state index is 0.0627. The number of carbonyl (C=O) groups is 2. The summed E-state index contributed by atoms with van der Waals surface area (Å²) in [6, 6.07) is 0. The monoisotopic (exact) mass is 224 g/mol. The van der Waals surface area contributed by atoms with Gasteiger partial charge in [-0.1, -0.05) is 25.5 Å². The maximum absolute atomic E-state index is 11.6. The molecule has 0 spiro atoms. The third-order valence-corrected chi connectivity index (χ3v) is 2.34. The summed E-state index contributed by atoms with van der Waals surface area (Å²) in [5, 5.41) is 8.91. The maximum atomic E-state index is 11.6. The Labute approximate surface area is 94.6 Å². The van der Waals surface area contributed by atoms with Gasteiger partial charge in [-0.3, -0.25) is 0 Å². The highest BCUT2D eigenvalue weighted by molar-refractivity contribution is 6.06. The van der Waals surface area contributed by atoms with Crippen LogP contribution in [0, 0.1) is 0 Å². The molecule has 0 amide bonds. The quantitative estimate of drug-likeness (QED) is 0.573. The van der Waals surface area contributed by atoms with E-state index in [9.17, 15) is 9.59 Å². The minimum atomic E-state index is -1.07. The average Bonchev–Trinajstić information content (AvgIpc) is 2.29. The molecule has 0 aromatic rings. The van der Waals surface area contributed by atoms with Crippen molar-refractivity contribution >= 4 is 11.9 Å². The predicted molar refractivity (Wildman–Crippen MR) is 58.9 cm³/mol. The number of ether oxygens (including phenoxy) is 1. The van der Waals surface area contributed by atoms with Crippen molar-refractivity contribution in [3.63, 3.8) is 0 Å². The second kappa shape index (κ2) is 6.10. The molecule has 0 aliphatic heterocycles. The van der Waals surface area contributed by atoms with Crippen molar-refractivity contribution in [2.75, 3.05) is 6.61 Å². The molecule has 1 aliphatic rings. The molecular formula is C12H16O4. The lowest BCUT2D eigenvalue weighted by molar-refractivity contribution is -0.140. The van der Waals surface area contributed by atoms with Gasteiger partial charge in [0.1, 0.15) is 0 Å². The molecule has 0 saturated heterocycles. The molecule has 1 rings (SSSR count). The Morgan fingerprint density at radius 1 is 1.31 bits per heavy atom. The van der Waals surface area contributed by atoms with Crippen LogP contribution < -0.4 is 0 Å². The van der Waals surface area contributed by atoms with Crippen LogP contribution in [-0.4, -0.2) is 23.7 Å². The number of aliphatic carboxylic acids is 1. The molecule has 0 unspecified atom stereocenters. The third-order valence-electron chi connectivity index (χ3n) is 2.34. The largest absolute Gasteiger partial charge is 0.478 e. The molecule has 0 radical (unpaired) electrons. The summed E-state index contributed by atoms with van der Waals surface area (Å²) in [6.45, 7) is 2.34. The molecule has 0 fully saturated rings. The number of unbranched alkanes of at least 4 members (excludes halogenated alkanes) is 1. The lowest BCUT2D eigenvalue weighted by Gasteiger charge is -2.12. The van der Waals surface area contributed by atoms with Gasteiger partial charge in [-0.2, -0.15) is 0 Å². The second-order valence-electron chi connectivity index (χ2n) is 3.61. The number of carboxylic acid groups (broad SMARTS) is 1. The van der Waals surface area contributed by atoms with Gasteiger partial charge in [-0.15, -0.1) is 0 Å². The fourth-order valence-electron chi connectivity index (χ4n) is 1.46. The van der Waals surface area contributed by atoms with E-state index < -0.39 is 11.9 Å². The molecule has 1 aliphatic carbocycles. The Balaban J connectivity index is 2.63. The fourth-order valence-corrected chi connectivity index (χ4v) is 1.46. The number of allylic oxidation sites excluding steroid dienone is 2. The summed E-state index contributed by atoms with van der Waals surface area (Å²) in [5.74, 6) is -1.60. The van der Waals surface area contributed by atoms with Crippen molar-refractivity contribution in [3.8, 4) is 0 Å². The first-order valence-electron chi connectivity index (χ1n) is 5.48. The van der Waals surface area contributed by atoms with E-state index in [1.807, 2.05) is 6.92 Å². The Bertz CT molecular complexity index is 339. The number of hydrogen-bond donors (Lipinski definition) is 1. The summed E-state index contributed by atoms with van der Waals surface area (Å²) in [5.41, 5.74) is 0.252. The number of esters is 1. The van der Waals surface area contributed by atoms with Crippen molar-refractivity contribution in [1.29, 1.82) is 0 Å². The Morgan fingerprint density at radius 3 is 2.50 bits per heavy atom. The summed E-state index contributed by atoms with van der Waals surface area (Å²) < 4.78 is 4.99. The predicted octanol–water partition coefficient (Wildman–Crippen LogP) is 2.06. The topological polar surface area (TPSA) is 63.6 Å². The van der Waals surface area contributed by atoms with E-state index in [0.717, 1.165) is 12.8 Å². The number of rotatable bonds is 5. The van der Waals surface area contributed by atoms with Crippen LogP contribution in [0.3, 0.4) is 0 Å².